The summed E-state index contributed by atoms with van der Waals surface area (Å²) < 4.78 is 10.9. The Labute approximate surface area is 189 Å². The standard InChI is InChI=1S/C21H20O5S.Na/c22-18-14-20(21(23)24)26-19-13-16(9-10-17(18)19)27-12-6-2-5-11-25-15-7-3-1-4-8-15;/h1,3-4,7-10,13-14H,2,5-6,11-12H2,(H,23,24);/q;+1/p-1. The topological polar surface area (TPSA) is 79.6 Å². The average Bonchev–Trinajstić information content (AvgIpc) is 2.67. The molecule has 140 valence electrons. The Bertz CT molecular complexity index is 971. The van der Waals surface area contributed by atoms with Crippen LogP contribution in [0.5, 0.6) is 5.75 Å². The first-order valence-corrected chi connectivity index (χ1v) is 9.72. The van der Waals surface area contributed by atoms with Gasteiger partial charge >= 0.3 is 29.6 Å². The van der Waals surface area contributed by atoms with E-state index in [-0.39, 0.29) is 40.6 Å². The summed E-state index contributed by atoms with van der Waals surface area (Å²) in [5.74, 6) is -0.139. The fourth-order valence-corrected chi connectivity index (χ4v) is 3.54. The summed E-state index contributed by atoms with van der Waals surface area (Å²) in [7, 11) is 0. The van der Waals surface area contributed by atoms with E-state index < -0.39 is 11.7 Å². The van der Waals surface area contributed by atoms with Crippen LogP contribution in [0.3, 0.4) is 0 Å². The Kier molecular flexibility index (Phi) is 9.12. The minimum Gasteiger partial charge on any atom is -0.542 e. The van der Waals surface area contributed by atoms with Gasteiger partial charge in [-0.1, -0.05) is 18.2 Å². The Hall–Kier alpha value is -1.73. The molecule has 5 nitrogen and oxygen atoms in total. The van der Waals surface area contributed by atoms with Crippen LogP contribution in [0.25, 0.3) is 11.0 Å². The molecule has 0 saturated heterocycles. The Morgan fingerprint density at radius 1 is 1.04 bits per heavy atom. The number of rotatable bonds is 9. The van der Waals surface area contributed by atoms with E-state index in [1.807, 2.05) is 36.4 Å². The maximum Gasteiger partial charge on any atom is 1.00 e. The zero-order valence-electron chi connectivity index (χ0n) is 15.7. The molecule has 2 aromatic carbocycles. The van der Waals surface area contributed by atoms with E-state index in [2.05, 4.69) is 0 Å². The summed E-state index contributed by atoms with van der Waals surface area (Å²) in [4.78, 5) is 23.8. The zero-order valence-corrected chi connectivity index (χ0v) is 18.5. The molecule has 7 heteroatoms. The summed E-state index contributed by atoms with van der Waals surface area (Å²) in [6, 6.07) is 15.9. The first kappa shape index (κ1) is 22.6. The van der Waals surface area contributed by atoms with Crippen LogP contribution >= 0.6 is 11.8 Å². The van der Waals surface area contributed by atoms with Gasteiger partial charge < -0.3 is 19.1 Å². The minimum absolute atomic E-state index is 0. The first-order valence-electron chi connectivity index (χ1n) is 8.73. The van der Waals surface area contributed by atoms with Crippen molar-refractivity contribution in [1.82, 2.24) is 0 Å². The van der Waals surface area contributed by atoms with Crippen molar-refractivity contribution in [3.05, 3.63) is 70.6 Å². The number of hydrogen-bond donors (Lipinski definition) is 0. The fraction of sp³-hybridized carbons (Fsp3) is 0.238. The van der Waals surface area contributed by atoms with Gasteiger partial charge in [0, 0.05) is 11.0 Å². The predicted octanol–water partition coefficient (Wildman–Crippen LogP) is 0.502. The fourth-order valence-electron chi connectivity index (χ4n) is 2.60. The number of thioether (sulfide) groups is 1. The molecule has 28 heavy (non-hydrogen) atoms. The molecule has 0 bridgehead atoms. The van der Waals surface area contributed by atoms with Gasteiger partial charge in [0.1, 0.15) is 17.3 Å². The van der Waals surface area contributed by atoms with Crippen LogP contribution in [0.2, 0.25) is 0 Å². The molecule has 0 N–H and O–H groups in total. The van der Waals surface area contributed by atoms with Gasteiger partial charge in [-0.05, 0) is 55.3 Å². The maximum absolute atomic E-state index is 11.9. The van der Waals surface area contributed by atoms with Crippen molar-refractivity contribution in [1.29, 1.82) is 0 Å². The quantitative estimate of drug-likeness (QED) is 0.293. The molecule has 0 fully saturated rings. The van der Waals surface area contributed by atoms with Crippen LogP contribution in [0.4, 0.5) is 0 Å². The molecule has 0 unspecified atom stereocenters. The van der Waals surface area contributed by atoms with Crippen LogP contribution in [-0.4, -0.2) is 18.3 Å². The van der Waals surface area contributed by atoms with Crippen LogP contribution in [0.1, 0.15) is 29.8 Å². The number of carboxylic acid groups (broad SMARTS) is 1. The molecule has 1 aromatic heterocycles. The second-order valence-corrected chi connectivity index (χ2v) is 7.16. The normalized spacial score (nSPS) is 10.4. The number of carboxylic acids is 1. The van der Waals surface area contributed by atoms with Gasteiger partial charge in [0.25, 0.3) is 0 Å². The molecule has 0 radical (unpaired) electrons. The summed E-state index contributed by atoms with van der Waals surface area (Å²) >= 11 is 1.64. The largest absolute Gasteiger partial charge is 1.00 e. The zero-order chi connectivity index (χ0) is 19.1. The van der Waals surface area contributed by atoms with E-state index in [0.29, 0.717) is 12.0 Å². The van der Waals surface area contributed by atoms with Gasteiger partial charge in [0.05, 0.1) is 12.0 Å². The summed E-state index contributed by atoms with van der Waals surface area (Å²) in [6.45, 7) is 0.696. The van der Waals surface area contributed by atoms with Gasteiger partial charge in [-0.25, -0.2) is 0 Å². The van der Waals surface area contributed by atoms with Crippen molar-refractivity contribution in [3.8, 4) is 5.75 Å². The van der Waals surface area contributed by atoms with Gasteiger partial charge in [-0.15, -0.1) is 11.8 Å². The number of unbranched alkanes of at least 4 members (excludes halogenated alkanes) is 2. The molecule has 0 spiro atoms. The van der Waals surface area contributed by atoms with Gasteiger partial charge in [-0.2, -0.15) is 0 Å². The second kappa shape index (κ2) is 11.3. The van der Waals surface area contributed by atoms with E-state index in [1.54, 1.807) is 23.9 Å². The molecular formula is C21H19NaO5S. The molecule has 3 aromatic rings. The monoisotopic (exact) mass is 406 g/mol. The van der Waals surface area contributed by atoms with Crippen molar-refractivity contribution >= 4 is 28.7 Å². The summed E-state index contributed by atoms with van der Waals surface area (Å²) in [6.07, 6.45) is 3.07. The molecule has 3 rings (SSSR count). The maximum atomic E-state index is 11.9. The number of carbonyl (C=O) groups excluding carboxylic acids is 1. The average molecular weight is 406 g/mol. The van der Waals surface area contributed by atoms with Crippen LogP contribution in [-0.2, 0) is 0 Å². The van der Waals surface area contributed by atoms with E-state index in [9.17, 15) is 14.7 Å². The molecule has 0 aliphatic rings. The van der Waals surface area contributed by atoms with Crippen molar-refractivity contribution in [3.63, 3.8) is 0 Å². The number of benzene rings is 2. The molecular weight excluding hydrogens is 387 g/mol. The molecule has 0 aliphatic heterocycles. The number of para-hydroxylation sites is 1. The predicted molar refractivity (Wildman–Crippen MR) is 103 cm³/mol. The molecule has 1 heterocycles. The van der Waals surface area contributed by atoms with Crippen molar-refractivity contribution in [2.24, 2.45) is 0 Å². The molecule has 0 amide bonds. The van der Waals surface area contributed by atoms with E-state index in [1.165, 1.54) is 0 Å². The van der Waals surface area contributed by atoms with Gasteiger partial charge in [0.2, 0.25) is 0 Å². The molecule has 0 aliphatic carbocycles. The number of fused-ring (bicyclic) bond motifs is 1. The third-order valence-corrected chi connectivity index (χ3v) is 5.05. The van der Waals surface area contributed by atoms with Crippen LogP contribution in [0.15, 0.2) is 68.7 Å². The third-order valence-electron chi connectivity index (χ3n) is 3.97. The summed E-state index contributed by atoms with van der Waals surface area (Å²) in [5.41, 5.74) is -0.117. The SMILES string of the molecule is O=C([O-])c1cc(=O)c2ccc(SCCCCCOc3ccccc3)cc2o1.[Na+]. The Morgan fingerprint density at radius 3 is 2.57 bits per heavy atom. The van der Waals surface area contributed by atoms with Crippen molar-refractivity contribution in [2.45, 2.75) is 24.2 Å². The van der Waals surface area contributed by atoms with Crippen LogP contribution < -0.4 is 44.8 Å². The Morgan fingerprint density at radius 2 is 1.82 bits per heavy atom. The van der Waals surface area contributed by atoms with Crippen molar-refractivity contribution < 1.29 is 48.6 Å². The number of hydrogen-bond acceptors (Lipinski definition) is 6. The number of ether oxygens (including phenoxy) is 1. The first-order chi connectivity index (χ1) is 13.1. The second-order valence-electron chi connectivity index (χ2n) is 5.99. The van der Waals surface area contributed by atoms with Crippen LogP contribution in [0, 0.1) is 0 Å². The molecule has 0 atom stereocenters. The smallest absolute Gasteiger partial charge is 0.542 e. The minimum atomic E-state index is -1.50. The van der Waals surface area contributed by atoms with E-state index >= 15 is 0 Å². The molecule has 0 saturated carbocycles. The Balaban J connectivity index is 0.00000280. The van der Waals surface area contributed by atoms with Gasteiger partial charge in [-0.3, -0.25) is 4.79 Å². The van der Waals surface area contributed by atoms with Crippen molar-refractivity contribution in [2.75, 3.05) is 12.4 Å². The van der Waals surface area contributed by atoms with E-state index in [4.69, 9.17) is 9.15 Å². The third kappa shape index (κ3) is 6.41. The summed E-state index contributed by atoms with van der Waals surface area (Å²) in [5, 5.41) is 11.3. The number of aromatic carboxylic acids is 1. The van der Waals surface area contributed by atoms with E-state index in [0.717, 1.165) is 41.7 Å². The number of carbonyl (C=O) groups is 1. The van der Waals surface area contributed by atoms with Gasteiger partial charge in [0.15, 0.2) is 11.2 Å².